The Bertz CT molecular complexity index is 319. The van der Waals surface area contributed by atoms with E-state index in [1.807, 2.05) is 6.92 Å². The first-order chi connectivity index (χ1) is 4.86. The second kappa shape index (κ2) is 1.73. The highest BCUT2D eigenvalue weighted by molar-refractivity contribution is 5.22. The van der Waals surface area contributed by atoms with Crippen LogP contribution in [0.5, 0.6) is 0 Å². The van der Waals surface area contributed by atoms with Crippen LogP contribution in [-0.4, -0.2) is 24.8 Å². The molecular formula is C5H5N5. The van der Waals surface area contributed by atoms with Gasteiger partial charge in [-0.3, -0.25) is 0 Å². The molecule has 0 aliphatic carbocycles. The third-order valence-corrected chi connectivity index (χ3v) is 1.14. The quantitative estimate of drug-likeness (QED) is 0.503. The van der Waals surface area contributed by atoms with Crippen LogP contribution in [0.1, 0.15) is 5.82 Å². The van der Waals surface area contributed by atoms with Crippen molar-refractivity contribution < 1.29 is 0 Å². The number of aryl methyl sites for hydroxylation is 1. The Hall–Kier alpha value is -1.52. The lowest BCUT2D eigenvalue weighted by Gasteiger charge is -1.82. The van der Waals surface area contributed by atoms with Gasteiger partial charge in [-0.05, 0) is 6.92 Å². The summed E-state index contributed by atoms with van der Waals surface area (Å²) >= 11 is 0. The third kappa shape index (κ3) is 0.637. The maximum Gasteiger partial charge on any atom is 0.271 e. The molecule has 50 valence electrons. The van der Waals surface area contributed by atoms with Gasteiger partial charge < -0.3 is 0 Å². The van der Waals surface area contributed by atoms with Crippen molar-refractivity contribution in [2.24, 2.45) is 0 Å². The van der Waals surface area contributed by atoms with Crippen molar-refractivity contribution in [3.8, 4) is 0 Å². The van der Waals surface area contributed by atoms with E-state index in [2.05, 4.69) is 20.3 Å². The largest absolute Gasteiger partial charge is 0.271 e. The second-order valence-corrected chi connectivity index (χ2v) is 1.92. The lowest BCUT2D eigenvalue weighted by atomic mass is 10.8. The monoisotopic (exact) mass is 135 g/mol. The van der Waals surface area contributed by atoms with Crippen LogP contribution in [-0.2, 0) is 0 Å². The molecule has 0 bridgehead atoms. The predicted molar refractivity (Wildman–Crippen MR) is 33.3 cm³/mol. The molecule has 0 amide bonds. The average molecular weight is 135 g/mol. The molecule has 0 N–H and O–H groups in total. The lowest BCUT2D eigenvalue weighted by molar-refractivity contribution is 0.876. The Balaban J connectivity index is 2.88. The van der Waals surface area contributed by atoms with E-state index in [0.717, 1.165) is 0 Å². The third-order valence-electron chi connectivity index (χ3n) is 1.14. The molecule has 10 heavy (non-hydrogen) atoms. The van der Waals surface area contributed by atoms with Crippen molar-refractivity contribution in [2.75, 3.05) is 0 Å². The Kier molecular flexibility index (Phi) is 0.913. The number of hydrogen-bond donors (Lipinski definition) is 0. The van der Waals surface area contributed by atoms with Crippen molar-refractivity contribution in [2.45, 2.75) is 6.92 Å². The van der Waals surface area contributed by atoms with E-state index in [-0.39, 0.29) is 0 Å². The van der Waals surface area contributed by atoms with E-state index in [1.165, 1.54) is 0 Å². The minimum absolute atomic E-state index is 0.542. The second-order valence-electron chi connectivity index (χ2n) is 1.92. The fourth-order valence-corrected chi connectivity index (χ4v) is 0.765. The van der Waals surface area contributed by atoms with E-state index >= 15 is 0 Å². The normalized spacial score (nSPS) is 10.5. The summed E-state index contributed by atoms with van der Waals surface area (Å²) in [5.41, 5.74) is 0. The standard InChI is InChI=1S/C5H5N5/c1-4-7-5-8-6-2-3-10(5)9-4/h2-3H,1H3. The molecule has 0 aliphatic heterocycles. The van der Waals surface area contributed by atoms with Crippen LogP contribution in [0.4, 0.5) is 0 Å². The smallest absolute Gasteiger partial charge is 0.201 e. The number of fused-ring (bicyclic) bond motifs is 1. The van der Waals surface area contributed by atoms with Crippen LogP contribution in [0.3, 0.4) is 0 Å². The number of aromatic nitrogens is 5. The van der Waals surface area contributed by atoms with E-state index in [4.69, 9.17) is 0 Å². The van der Waals surface area contributed by atoms with Crippen molar-refractivity contribution in [3.05, 3.63) is 18.2 Å². The van der Waals surface area contributed by atoms with Gasteiger partial charge in [-0.1, -0.05) is 0 Å². The summed E-state index contributed by atoms with van der Waals surface area (Å²) in [5, 5.41) is 11.4. The van der Waals surface area contributed by atoms with Crippen LogP contribution in [0.15, 0.2) is 12.4 Å². The van der Waals surface area contributed by atoms with Crippen molar-refractivity contribution in [1.82, 2.24) is 24.8 Å². The molecular weight excluding hydrogens is 130 g/mol. The zero-order chi connectivity index (χ0) is 6.97. The molecule has 2 aromatic heterocycles. The highest BCUT2D eigenvalue weighted by atomic mass is 15.4. The van der Waals surface area contributed by atoms with Crippen LogP contribution in [0.2, 0.25) is 0 Å². The molecule has 0 saturated heterocycles. The number of hydrogen-bond acceptors (Lipinski definition) is 4. The van der Waals surface area contributed by atoms with Gasteiger partial charge in [0.2, 0.25) is 0 Å². The molecule has 0 radical (unpaired) electrons. The molecule has 5 nitrogen and oxygen atoms in total. The van der Waals surface area contributed by atoms with Gasteiger partial charge in [0, 0.05) is 0 Å². The van der Waals surface area contributed by atoms with Gasteiger partial charge in [0.1, 0.15) is 5.82 Å². The Morgan fingerprint density at radius 1 is 1.50 bits per heavy atom. The summed E-state index contributed by atoms with van der Waals surface area (Å²) in [5.74, 6) is 1.25. The van der Waals surface area contributed by atoms with Crippen LogP contribution >= 0.6 is 0 Å². The minimum Gasteiger partial charge on any atom is -0.201 e. The maximum absolute atomic E-state index is 4.02. The lowest BCUT2D eigenvalue weighted by Crippen LogP contribution is -1.90. The summed E-state index contributed by atoms with van der Waals surface area (Å²) in [6, 6.07) is 0. The Morgan fingerprint density at radius 3 is 3.20 bits per heavy atom. The number of nitrogens with zero attached hydrogens (tertiary/aromatic N) is 5. The van der Waals surface area contributed by atoms with Gasteiger partial charge in [-0.15, -0.1) is 5.10 Å². The molecule has 2 rings (SSSR count). The molecule has 0 aromatic carbocycles. The van der Waals surface area contributed by atoms with Crippen molar-refractivity contribution >= 4 is 5.78 Å². The summed E-state index contributed by atoms with van der Waals surface area (Å²) in [6.45, 7) is 1.81. The van der Waals surface area contributed by atoms with Crippen molar-refractivity contribution in [1.29, 1.82) is 0 Å². The summed E-state index contributed by atoms with van der Waals surface area (Å²) in [6.07, 6.45) is 3.28. The van der Waals surface area contributed by atoms with Gasteiger partial charge in [-0.25, -0.2) is 4.52 Å². The first-order valence-electron chi connectivity index (χ1n) is 2.87. The summed E-state index contributed by atoms with van der Waals surface area (Å²) < 4.78 is 1.59. The first-order valence-corrected chi connectivity index (χ1v) is 2.87. The van der Waals surface area contributed by atoms with Crippen LogP contribution in [0, 0.1) is 6.92 Å². The average Bonchev–Trinajstić information content (AvgIpc) is 2.27. The van der Waals surface area contributed by atoms with Crippen molar-refractivity contribution in [3.63, 3.8) is 0 Å². The molecule has 0 saturated carbocycles. The van der Waals surface area contributed by atoms with Gasteiger partial charge >= 0.3 is 0 Å². The minimum atomic E-state index is 0.542. The summed E-state index contributed by atoms with van der Waals surface area (Å²) in [4.78, 5) is 3.99. The molecule has 0 fully saturated rings. The zero-order valence-electron chi connectivity index (χ0n) is 5.39. The Labute approximate surface area is 56.7 Å². The fourth-order valence-electron chi connectivity index (χ4n) is 0.765. The molecule has 2 aromatic rings. The van der Waals surface area contributed by atoms with Crippen LogP contribution in [0.25, 0.3) is 5.78 Å². The Morgan fingerprint density at radius 2 is 2.40 bits per heavy atom. The number of rotatable bonds is 0. The molecule has 0 spiro atoms. The molecule has 5 heteroatoms. The van der Waals surface area contributed by atoms with Gasteiger partial charge in [0.15, 0.2) is 0 Å². The highest BCUT2D eigenvalue weighted by Crippen LogP contribution is 1.91. The molecule has 0 atom stereocenters. The van der Waals surface area contributed by atoms with E-state index < -0.39 is 0 Å². The van der Waals surface area contributed by atoms with E-state index in [9.17, 15) is 0 Å². The van der Waals surface area contributed by atoms with Gasteiger partial charge in [0.25, 0.3) is 5.78 Å². The fraction of sp³-hybridized carbons (Fsp3) is 0.200. The highest BCUT2D eigenvalue weighted by Gasteiger charge is 1.96. The molecule has 0 unspecified atom stereocenters. The molecule has 2 heterocycles. The van der Waals surface area contributed by atoms with Crippen LogP contribution < -0.4 is 0 Å². The maximum atomic E-state index is 4.02. The topological polar surface area (TPSA) is 56.0 Å². The SMILES string of the molecule is Cc1nc2nnccn2n1. The predicted octanol–water partition coefficient (Wildman–Crippen LogP) is -0.172. The van der Waals surface area contributed by atoms with E-state index in [1.54, 1.807) is 16.9 Å². The zero-order valence-corrected chi connectivity index (χ0v) is 5.39. The van der Waals surface area contributed by atoms with E-state index in [0.29, 0.717) is 11.6 Å². The molecule has 0 aliphatic rings. The van der Waals surface area contributed by atoms with Gasteiger partial charge in [-0.2, -0.15) is 15.2 Å². The first kappa shape index (κ1) is 5.28. The van der Waals surface area contributed by atoms with Gasteiger partial charge in [0.05, 0.1) is 12.4 Å². The summed E-state index contributed by atoms with van der Waals surface area (Å²) in [7, 11) is 0.